The first-order valence-electron chi connectivity index (χ1n) is 7.51. The maximum Gasteiger partial charge on any atom is 0.0483 e. The van der Waals surface area contributed by atoms with E-state index in [0.29, 0.717) is 12.0 Å². The van der Waals surface area contributed by atoms with Crippen LogP contribution >= 0.6 is 0 Å². The highest BCUT2D eigenvalue weighted by molar-refractivity contribution is 5.85. The number of nitrogens with one attached hydrogen (secondary N) is 1. The molecule has 20 heavy (non-hydrogen) atoms. The average Bonchev–Trinajstić information content (AvgIpc) is 3.18. The summed E-state index contributed by atoms with van der Waals surface area (Å²) in [7, 11) is 2.15. The van der Waals surface area contributed by atoms with Crippen LogP contribution in [0, 0.1) is 12.3 Å². The third kappa shape index (κ3) is 2.36. The zero-order chi connectivity index (χ0) is 14.2. The van der Waals surface area contributed by atoms with Crippen molar-refractivity contribution in [3.8, 4) is 0 Å². The third-order valence-electron chi connectivity index (χ3n) is 4.90. The number of hydrogen-bond donors (Lipinski definition) is 2. The molecule has 0 spiro atoms. The highest BCUT2D eigenvalue weighted by atomic mass is 16.3. The van der Waals surface area contributed by atoms with Crippen molar-refractivity contribution in [3.63, 3.8) is 0 Å². The minimum atomic E-state index is 0.314. The van der Waals surface area contributed by atoms with Crippen molar-refractivity contribution in [3.05, 3.63) is 35.5 Å². The Morgan fingerprint density at radius 1 is 1.30 bits per heavy atom. The van der Waals surface area contributed by atoms with E-state index in [4.69, 9.17) is 5.11 Å². The molecule has 1 aliphatic rings. The Morgan fingerprint density at radius 2 is 2.05 bits per heavy atom. The summed E-state index contributed by atoms with van der Waals surface area (Å²) < 4.78 is 2.29. The molecular weight excluding hydrogens is 248 g/mol. The molecule has 1 aromatic carbocycles. The Hall–Kier alpha value is -1.32. The molecule has 0 atom stereocenters. The lowest BCUT2D eigenvalue weighted by Crippen LogP contribution is -2.25. The van der Waals surface area contributed by atoms with Crippen LogP contribution in [0.25, 0.3) is 10.9 Å². The van der Waals surface area contributed by atoms with E-state index in [1.807, 2.05) is 0 Å². The number of nitrogens with zero attached hydrogens (tertiary/aromatic N) is 1. The topological polar surface area (TPSA) is 37.2 Å². The molecule has 2 aromatic rings. The van der Waals surface area contributed by atoms with Gasteiger partial charge in [-0.15, -0.1) is 0 Å². The molecule has 3 nitrogen and oxygen atoms in total. The highest BCUT2D eigenvalue weighted by Gasteiger charge is 2.41. The Balaban J connectivity index is 1.72. The van der Waals surface area contributed by atoms with Crippen LogP contribution in [0.1, 0.15) is 30.5 Å². The number of aryl methyl sites for hydroxylation is 2. The van der Waals surface area contributed by atoms with Gasteiger partial charge in [-0.05, 0) is 43.2 Å². The fraction of sp³-hybridized carbons (Fsp3) is 0.529. The molecule has 1 aromatic heterocycles. The quantitative estimate of drug-likeness (QED) is 0.848. The lowest BCUT2D eigenvalue weighted by Gasteiger charge is -2.15. The summed E-state index contributed by atoms with van der Waals surface area (Å²) in [5, 5.41) is 14.1. The van der Waals surface area contributed by atoms with Crippen molar-refractivity contribution in [2.45, 2.75) is 32.7 Å². The molecule has 1 heterocycles. The fourth-order valence-electron chi connectivity index (χ4n) is 3.26. The smallest absolute Gasteiger partial charge is 0.0483 e. The number of aliphatic hydroxyl groups excluding tert-OH is 1. The zero-order valence-corrected chi connectivity index (χ0v) is 12.4. The van der Waals surface area contributed by atoms with E-state index >= 15 is 0 Å². The van der Waals surface area contributed by atoms with E-state index in [1.54, 1.807) is 0 Å². The summed E-state index contributed by atoms with van der Waals surface area (Å²) in [4.78, 5) is 0. The predicted molar refractivity (Wildman–Crippen MR) is 82.7 cm³/mol. The monoisotopic (exact) mass is 272 g/mol. The summed E-state index contributed by atoms with van der Waals surface area (Å²) in [6.07, 6.45) is 3.46. The van der Waals surface area contributed by atoms with E-state index < -0.39 is 0 Å². The SMILES string of the molecule is Cc1c(CNCC2(CCO)CC2)n(C)c2ccccc12. The number of benzene rings is 1. The molecule has 1 saturated carbocycles. The molecule has 0 unspecified atom stereocenters. The van der Waals surface area contributed by atoms with Crippen LogP contribution in [-0.4, -0.2) is 22.8 Å². The molecule has 1 fully saturated rings. The van der Waals surface area contributed by atoms with Gasteiger partial charge in [0.25, 0.3) is 0 Å². The number of fused-ring (bicyclic) bond motifs is 1. The zero-order valence-electron chi connectivity index (χ0n) is 12.4. The number of para-hydroxylation sites is 1. The van der Waals surface area contributed by atoms with Crippen molar-refractivity contribution in [2.75, 3.05) is 13.2 Å². The van der Waals surface area contributed by atoms with Gasteiger partial charge in [0.2, 0.25) is 0 Å². The lowest BCUT2D eigenvalue weighted by atomic mass is 10.0. The minimum Gasteiger partial charge on any atom is -0.396 e. The number of aliphatic hydroxyl groups is 1. The lowest BCUT2D eigenvalue weighted by molar-refractivity contribution is 0.245. The van der Waals surface area contributed by atoms with Gasteiger partial charge in [0, 0.05) is 43.3 Å². The van der Waals surface area contributed by atoms with Crippen molar-refractivity contribution >= 4 is 10.9 Å². The molecule has 3 heteroatoms. The summed E-state index contributed by atoms with van der Waals surface area (Å²) in [6.45, 7) is 4.45. The van der Waals surface area contributed by atoms with Gasteiger partial charge in [0.05, 0.1) is 0 Å². The van der Waals surface area contributed by atoms with Gasteiger partial charge in [0.15, 0.2) is 0 Å². The van der Waals surface area contributed by atoms with E-state index in [2.05, 4.69) is 48.1 Å². The van der Waals surface area contributed by atoms with Crippen LogP contribution in [0.4, 0.5) is 0 Å². The van der Waals surface area contributed by atoms with Crippen molar-refractivity contribution in [1.82, 2.24) is 9.88 Å². The Bertz CT molecular complexity index is 572. The number of rotatable bonds is 6. The Morgan fingerprint density at radius 3 is 2.70 bits per heavy atom. The second kappa shape index (κ2) is 5.23. The summed E-state index contributed by atoms with van der Waals surface area (Å²) in [5.74, 6) is 0. The van der Waals surface area contributed by atoms with Crippen molar-refractivity contribution in [1.29, 1.82) is 0 Å². The normalized spacial score (nSPS) is 16.8. The number of aromatic nitrogens is 1. The van der Waals surface area contributed by atoms with E-state index in [-0.39, 0.29) is 0 Å². The van der Waals surface area contributed by atoms with Gasteiger partial charge in [-0.3, -0.25) is 0 Å². The van der Waals surface area contributed by atoms with Gasteiger partial charge in [-0.25, -0.2) is 0 Å². The maximum atomic E-state index is 9.11. The second-order valence-electron chi connectivity index (χ2n) is 6.23. The summed E-state index contributed by atoms with van der Waals surface area (Å²) in [6, 6.07) is 8.58. The van der Waals surface area contributed by atoms with Gasteiger partial charge >= 0.3 is 0 Å². The standard InChI is InChI=1S/C17H24N2O/c1-13-14-5-3-4-6-15(14)19(2)16(13)11-18-12-17(7-8-17)9-10-20/h3-6,18,20H,7-12H2,1-2H3. The highest BCUT2D eigenvalue weighted by Crippen LogP contribution is 2.47. The molecule has 3 rings (SSSR count). The molecule has 108 valence electrons. The van der Waals surface area contributed by atoms with Crippen LogP contribution in [0.2, 0.25) is 0 Å². The van der Waals surface area contributed by atoms with Crippen LogP contribution in [0.3, 0.4) is 0 Å². The van der Waals surface area contributed by atoms with Crippen LogP contribution in [0.5, 0.6) is 0 Å². The van der Waals surface area contributed by atoms with Crippen LogP contribution < -0.4 is 5.32 Å². The molecule has 0 radical (unpaired) electrons. The molecule has 0 bridgehead atoms. The predicted octanol–water partition coefficient (Wildman–Crippen LogP) is 2.74. The summed E-state index contributed by atoms with van der Waals surface area (Å²) >= 11 is 0. The molecule has 1 aliphatic carbocycles. The van der Waals surface area contributed by atoms with E-state index in [9.17, 15) is 0 Å². The summed E-state index contributed by atoms with van der Waals surface area (Å²) in [5.41, 5.74) is 4.43. The van der Waals surface area contributed by atoms with Gasteiger partial charge in [-0.1, -0.05) is 18.2 Å². The minimum absolute atomic E-state index is 0.314. The second-order valence-corrected chi connectivity index (χ2v) is 6.23. The van der Waals surface area contributed by atoms with Crippen molar-refractivity contribution < 1.29 is 5.11 Å². The van der Waals surface area contributed by atoms with Gasteiger partial charge in [-0.2, -0.15) is 0 Å². The molecule has 0 aliphatic heterocycles. The molecule has 2 N–H and O–H groups in total. The largest absolute Gasteiger partial charge is 0.396 e. The van der Waals surface area contributed by atoms with E-state index in [1.165, 1.54) is 35.0 Å². The first-order valence-corrected chi connectivity index (χ1v) is 7.51. The van der Waals surface area contributed by atoms with Crippen molar-refractivity contribution in [2.24, 2.45) is 12.5 Å². The first-order chi connectivity index (χ1) is 9.67. The van der Waals surface area contributed by atoms with Crippen LogP contribution in [0.15, 0.2) is 24.3 Å². The molecule has 0 amide bonds. The third-order valence-corrected chi connectivity index (χ3v) is 4.90. The maximum absolute atomic E-state index is 9.11. The molecular formula is C17H24N2O. The van der Waals surface area contributed by atoms with Gasteiger partial charge < -0.3 is 15.0 Å². The van der Waals surface area contributed by atoms with Gasteiger partial charge in [0.1, 0.15) is 0 Å². The molecule has 0 saturated heterocycles. The fourth-order valence-corrected chi connectivity index (χ4v) is 3.26. The van der Waals surface area contributed by atoms with Crippen LogP contribution in [-0.2, 0) is 13.6 Å². The Kier molecular flexibility index (Phi) is 3.57. The van der Waals surface area contributed by atoms with E-state index in [0.717, 1.165) is 19.5 Å². The number of hydrogen-bond acceptors (Lipinski definition) is 2. The first kappa shape index (κ1) is 13.7. The Labute approximate surface area is 120 Å². The average molecular weight is 272 g/mol.